The Labute approximate surface area is 73.6 Å². The van der Waals surface area contributed by atoms with Gasteiger partial charge in [0.25, 0.3) is 0 Å². The first-order valence-corrected chi connectivity index (χ1v) is 3.91. The lowest BCUT2D eigenvalue weighted by atomic mass is 10.4. The van der Waals surface area contributed by atoms with Crippen molar-refractivity contribution in [2.24, 2.45) is 0 Å². The third kappa shape index (κ3) is 1.38. The predicted molar refractivity (Wildman–Crippen MR) is 43.7 cm³/mol. The molecule has 0 atom stereocenters. The zero-order valence-electron chi connectivity index (χ0n) is 6.81. The number of pyridine rings is 1. The van der Waals surface area contributed by atoms with Crippen molar-refractivity contribution in [1.82, 2.24) is 14.6 Å². The third-order valence-electron chi connectivity index (χ3n) is 1.78. The summed E-state index contributed by atoms with van der Waals surface area (Å²) in [5, 5.41) is 16.3. The summed E-state index contributed by atoms with van der Waals surface area (Å²) >= 11 is 0. The van der Waals surface area contributed by atoms with Crippen LogP contribution in [-0.4, -0.2) is 26.3 Å². The Balaban J connectivity index is 2.55. The number of hydrogen-bond donors (Lipinski definition) is 1. The summed E-state index contributed by atoms with van der Waals surface area (Å²) < 4.78 is 14.4. The molecule has 13 heavy (non-hydrogen) atoms. The Kier molecular flexibility index (Phi) is 1.94. The predicted octanol–water partition coefficient (Wildman–Crippen LogP) is 0.403. The molecule has 0 saturated heterocycles. The molecule has 0 aliphatic carbocycles. The maximum Gasteiger partial charge on any atom is 0.163 e. The Morgan fingerprint density at radius 1 is 1.46 bits per heavy atom. The zero-order valence-corrected chi connectivity index (χ0v) is 6.81. The average molecular weight is 181 g/mol. The van der Waals surface area contributed by atoms with Gasteiger partial charge < -0.3 is 5.11 Å². The van der Waals surface area contributed by atoms with E-state index in [1.54, 1.807) is 10.6 Å². The fourth-order valence-electron chi connectivity index (χ4n) is 1.19. The molecule has 0 aromatic carbocycles. The van der Waals surface area contributed by atoms with E-state index in [1.165, 1.54) is 12.1 Å². The molecule has 1 N–H and O–H groups in total. The van der Waals surface area contributed by atoms with E-state index in [0.29, 0.717) is 17.9 Å². The van der Waals surface area contributed by atoms with Crippen LogP contribution in [0.25, 0.3) is 5.65 Å². The molecule has 0 aliphatic rings. The molecular weight excluding hydrogens is 173 g/mol. The standard InChI is InChI=1S/C8H8FN3O/c9-6-1-3-12-7(2-4-13)10-11-8(12)5-6/h1,3,5,13H,2,4H2. The van der Waals surface area contributed by atoms with E-state index in [9.17, 15) is 4.39 Å². The van der Waals surface area contributed by atoms with Crippen molar-refractivity contribution in [3.63, 3.8) is 0 Å². The number of hydrogen-bond acceptors (Lipinski definition) is 3. The van der Waals surface area contributed by atoms with Gasteiger partial charge >= 0.3 is 0 Å². The highest BCUT2D eigenvalue weighted by molar-refractivity contribution is 5.37. The van der Waals surface area contributed by atoms with Gasteiger partial charge in [0.1, 0.15) is 11.6 Å². The van der Waals surface area contributed by atoms with Crippen LogP contribution in [-0.2, 0) is 6.42 Å². The molecule has 0 radical (unpaired) electrons. The molecule has 0 bridgehead atoms. The lowest BCUT2D eigenvalue weighted by Gasteiger charge is -1.95. The molecule has 68 valence electrons. The van der Waals surface area contributed by atoms with E-state index in [0.717, 1.165) is 0 Å². The maximum atomic E-state index is 12.7. The molecule has 0 spiro atoms. The molecule has 0 aliphatic heterocycles. The first-order chi connectivity index (χ1) is 6.31. The largest absolute Gasteiger partial charge is 0.396 e. The fraction of sp³-hybridized carbons (Fsp3) is 0.250. The monoisotopic (exact) mass is 181 g/mol. The summed E-state index contributed by atoms with van der Waals surface area (Å²) in [6.07, 6.45) is 1.97. The second-order valence-corrected chi connectivity index (χ2v) is 2.66. The molecule has 4 nitrogen and oxygen atoms in total. The number of halogens is 1. The molecule has 2 aromatic heterocycles. The van der Waals surface area contributed by atoms with E-state index in [4.69, 9.17) is 5.11 Å². The van der Waals surface area contributed by atoms with Gasteiger partial charge in [-0.25, -0.2) is 4.39 Å². The second kappa shape index (κ2) is 3.10. The Morgan fingerprint density at radius 3 is 3.08 bits per heavy atom. The summed E-state index contributed by atoms with van der Waals surface area (Å²) in [4.78, 5) is 0. The van der Waals surface area contributed by atoms with Crippen molar-refractivity contribution in [1.29, 1.82) is 0 Å². The highest BCUT2D eigenvalue weighted by Crippen LogP contribution is 2.05. The van der Waals surface area contributed by atoms with Crippen LogP contribution in [0.3, 0.4) is 0 Å². The number of aromatic nitrogens is 3. The van der Waals surface area contributed by atoms with Crippen LogP contribution in [0, 0.1) is 5.82 Å². The van der Waals surface area contributed by atoms with Crippen LogP contribution in [0.4, 0.5) is 4.39 Å². The van der Waals surface area contributed by atoms with Gasteiger partial charge in [0.15, 0.2) is 5.65 Å². The average Bonchev–Trinajstić information content (AvgIpc) is 2.49. The highest BCUT2D eigenvalue weighted by Gasteiger charge is 2.04. The lowest BCUT2D eigenvalue weighted by Crippen LogP contribution is -1.97. The van der Waals surface area contributed by atoms with Crippen molar-refractivity contribution in [2.45, 2.75) is 6.42 Å². The summed E-state index contributed by atoms with van der Waals surface area (Å²) in [5.41, 5.74) is 0.462. The molecule has 2 rings (SSSR count). The van der Waals surface area contributed by atoms with Crippen LogP contribution in [0.15, 0.2) is 18.3 Å². The summed E-state index contributed by atoms with van der Waals surface area (Å²) in [6, 6.07) is 2.63. The van der Waals surface area contributed by atoms with Gasteiger partial charge in [-0.05, 0) is 6.07 Å². The van der Waals surface area contributed by atoms with E-state index in [1.807, 2.05) is 0 Å². The number of rotatable bonds is 2. The van der Waals surface area contributed by atoms with Crippen molar-refractivity contribution >= 4 is 5.65 Å². The Bertz CT molecular complexity index is 426. The number of aliphatic hydroxyl groups is 1. The topological polar surface area (TPSA) is 50.4 Å². The lowest BCUT2D eigenvalue weighted by molar-refractivity contribution is 0.296. The first kappa shape index (κ1) is 8.12. The van der Waals surface area contributed by atoms with Crippen LogP contribution in [0.2, 0.25) is 0 Å². The van der Waals surface area contributed by atoms with E-state index < -0.39 is 0 Å². The zero-order chi connectivity index (χ0) is 9.26. The maximum absolute atomic E-state index is 12.7. The minimum Gasteiger partial charge on any atom is -0.396 e. The third-order valence-corrected chi connectivity index (χ3v) is 1.78. The SMILES string of the molecule is OCCc1nnc2cc(F)ccn12. The van der Waals surface area contributed by atoms with Gasteiger partial charge in [-0.2, -0.15) is 0 Å². The van der Waals surface area contributed by atoms with Crippen LogP contribution in [0.5, 0.6) is 0 Å². The summed E-state index contributed by atoms with van der Waals surface area (Å²) in [6.45, 7) is 0.0121. The highest BCUT2D eigenvalue weighted by atomic mass is 19.1. The second-order valence-electron chi connectivity index (χ2n) is 2.66. The quantitative estimate of drug-likeness (QED) is 0.729. The number of aliphatic hydroxyl groups excluding tert-OH is 1. The van der Waals surface area contributed by atoms with Crippen LogP contribution in [0.1, 0.15) is 5.82 Å². The normalized spacial score (nSPS) is 10.9. The van der Waals surface area contributed by atoms with E-state index in [-0.39, 0.29) is 12.4 Å². The molecule has 5 heteroatoms. The smallest absolute Gasteiger partial charge is 0.163 e. The molecule has 0 amide bonds. The fourth-order valence-corrected chi connectivity index (χ4v) is 1.19. The van der Waals surface area contributed by atoms with Crippen LogP contribution >= 0.6 is 0 Å². The van der Waals surface area contributed by atoms with Gasteiger partial charge in [0.2, 0.25) is 0 Å². The number of nitrogens with zero attached hydrogens (tertiary/aromatic N) is 3. The van der Waals surface area contributed by atoms with Gasteiger partial charge in [0, 0.05) is 18.7 Å². The van der Waals surface area contributed by atoms with Crippen molar-refractivity contribution in [2.75, 3.05) is 6.61 Å². The number of fused-ring (bicyclic) bond motifs is 1. The molecular formula is C8H8FN3O. The Hall–Kier alpha value is -1.49. The van der Waals surface area contributed by atoms with Crippen molar-refractivity contribution in [3.05, 3.63) is 30.0 Å². The van der Waals surface area contributed by atoms with Gasteiger partial charge in [-0.1, -0.05) is 0 Å². The van der Waals surface area contributed by atoms with Crippen LogP contribution < -0.4 is 0 Å². The van der Waals surface area contributed by atoms with Gasteiger partial charge in [0.05, 0.1) is 6.61 Å². The molecule has 2 heterocycles. The molecule has 2 aromatic rings. The minimum absolute atomic E-state index is 0.0121. The molecule has 0 fully saturated rings. The summed E-state index contributed by atoms with van der Waals surface area (Å²) in [5.74, 6) is 0.299. The van der Waals surface area contributed by atoms with E-state index in [2.05, 4.69) is 10.2 Å². The van der Waals surface area contributed by atoms with Gasteiger partial charge in [-0.15, -0.1) is 10.2 Å². The van der Waals surface area contributed by atoms with Gasteiger partial charge in [-0.3, -0.25) is 4.40 Å². The molecule has 0 saturated carbocycles. The van der Waals surface area contributed by atoms with Crippen molar-refractivity contribution in [3.8, 4) is 0 Å². The Morgan fingerprint density at radius 2 is 2.31 bits per heavy atom. The minimum atomic E-state index is -0.338. The van der Waals surface area contributed by atoms with Crippen molar-refractivity contribution < 1.29 is 9.50 Å². The first-order valence-electron chi connectivity index (χ1n) is 3.91. The molecule has 0 unspecified atom stereocenters. The summed E-state index contributed by atoms with van der Waals surface area (Å²) in [7, 11) is 0. The van der Waals surface area contributed by atoms with E-state index >= 15 is 0 Å².